The van der Waals surface area contributed by atoms with Gasteiger partial charge in [0.05, 0.1) is 19.1 Å². The molecule has 1 amide bonds. The molecule has 0 fully saturated rings. The Morgan fingerprint density at radius 2 is 2.13 bits per heavy atom. The van der Waals surface area contributed by atoms with Crippen molar-refractivity contribution in [3.8, 4) is 5.75 Å². The third-order valence-electron chi connectivity index (χ3n) is 3.51. The molecule has 2 heterocycles. The van der Waals surface area contributed by atoms with Gasteiger partial charge in [-0.1, -0.05) is 0 Å². The van der Waals surface area contributed by atoms with Gasteiger partial charge in [0.25, 0.3) is 0 Å². The number of thiophene rings is 1. The first-order valence-corrected chi connectivity index (χ1v) is 8.02. The summed E-state index contributed by atoms with van der Waals surface area (Å²) in [5.41, 5.74) is 1.61. The second-order valence-corrected chi connectivity index (χ2v) is 6.06. The third kappa shape index (κ3) is 4.05. The first kappa shape index (κ1) is 15.9. The van der Waals surface area contributed by atoms with Gasteiger partial charge in [-0.3, -0.25) is 4.79 Å². The van der Waals surface area contributed by atoms with E-state index in [1.165, 1.54) is 29.1 Å². The number of rotatable bonds is 5. The molecule has 122 valence electrons. The Kier molecular flexibility index (Phi) is 4.88. The normalized spacial score (nSPS) is 16.9. The van der Waals surface area contributed by atoms with E-state index in [0.29, 0.717) is 12.3 Å². The van der Waals surface area contributed by atoms with E-state index in [2.05, 4.69) is 10.1 Å². The van der Waals surface area contributed by atoms with Crippen LogP contribution in [0.5, 0.6) is 5.75 Å². The highest BCUT2D eigenvalue weighted by Gasteiger charge is 2.24. The lowest BCUT2D eigenvalue weighted by atomic mass is 10.0. The van der Waals surface area contributed by atoms with Crippen molar-refractivity contribution in [1.82, 2.24) is 0 Å². The minimum Gasteiger partial charge on any atom is -0.435 e. The molecule has 0 saturated carbocycles. The van der Waals surface area contributed by atoms with Gasteiger partial charge in [-0.15, -0.1) is 11.3 Å². The number of hydrogen-bond donors (Lipinski definition) is 1. The van der Waals surface area contributed by atoms with Crippen LogP contribution in [0.1, 0.15) is 23.0 Å². The zero-order valence-corrected chi connectivity index (χ0v) is 12.9. The Hall–Kier alpha value is -1.99. The summed E-state index contributed by atoms with van der Waals surface area (Å²) in [5.74, 6) is -0.131. The summed E-state index contributed by atoms with van der Waals surface area (Å²) in [4.78, 5) is 13.4. The van der Waals surface area contributed by atoms with Crippen molar-refractivity contribution in [3.05, 3.63) is 46.2 Å². The van der Waals surface area contributed by atoms with Gasteiger partial charge >= 0.3 is 6.61 Å². The van der Waals surface area contributed by atoms with Crippen LogP contribution in [0.25, 0.3) is 0 Å². The maximum Gasteiger partial charge on any atom is 0.387 e. The van der Waals surface area contributed by atoms with E-state index in [9.17, 15) is 13.6 Å². The van der Waals surface area contributed by atoms with Gasteiger partial charge in [0.1, 0.15) is 5.75 Å². The fraction of sp³-hybridized carbons (Fsp3) is 0.312. The highest BCUT2D eigenvalue weighted by atomic mass is 32.1. The Labute approximate surface area is 136 Å². The molecule has 0 spiro atoms. The van der Waals surface area contributed by atoms with Gasteiger partial charge in [-0.05, 0) is 41.3 Å². The van der Waals surface area contributed by atoms with Crippen LogP contribution < -0.4 is 10.1 Å². The Morgan fingerprint density at radius 3 is 2.87 bits per heavy atom. The van der Waals surface area contributed by atoms with Crippen LogP contribution in [0.15, 0.2) is 35.7 Å². The van der Waals surface area contributed by atoms with E-state index in [1.807, 2.05) is 11.4 Å². The zero-order valence-electron chi connectivity index (χ0n) is 12.1. The van der Waals surface area contributed by atoms with Crippen molar-refractivity contribution >= 4 is 22.9 Å². The van der Waals surface area contributed by atoms with Crippen molar-refractivity contribution in [2.75, 3.05) is 11.9 Å². The zero-order chi connectivity index (χ0) is 16.2. The van der Waals surface area contributed by atoms with Gasteiger partial charge in [0.2, 0.25) is 5.91 Å². The number of carbonyl (C=O) groups excluding carboxylic acids is 1. The Balaban J connectivity index is 1.58. The van der Waals surface area contributed by atoms with E-state index in [-0.39, 0.29) is 24.2 Å². The summed E-state index contributed by atoms with van der Waals surface area (Å²) in [6.07, 6.45) is 0.877. The maximum atomic E-state index is 12.1. The van der Waals surface area contributed by atoms with Gasteiger partial charge in [0.15, 0.2) is 0 Å². The molecular weight excluding hydrogens is 324 g/mol. The number of ether oxygens (including phenoxy) is 2. The van der Waals surface area contributed by atoms with Crippen LogP contribution in [0.4, 0.5) is 14.5 Å². The average Bonchev–Trinajstić information content (AvgIpc) is 2.98. The molecule has 1 N–H and O–H groups in total. The molecular formula is C16H15F2NO3S. The molecule has 23 heavy (non-hydrogen) atoms. The lowest BCUT2D eigenvalue weighted by Gasteiger charge is -2.22. The van der Waals surface area contributed by atoms with E-state index in [4.69, 9.17) is 4.74 Å². The molecule has 2 aromatic rings. The number of carbonyl (C=O) groups is 1. The lowest BCUT2D eigenvalue weighted by Crippen LogP contribution is -2.21. The lowest BCUT2D eigenvalue weighted by molar-refractivity contribution is -0.119. The summed E-state index contributed by atoms with van der Waals surface area (Å²) < 4.78 is 34.1. The number of fused-ring (bicyclic) bond motifs is 1. The number of halogens is 2. The van der Waals surface area contributed by atoms with Crippen LogP contribution in [0.3, 0.4) is 0 Å². The van der Waals surface area contributed by atoms with Crippen molar-refractivity contribution in [3.63, 3.8) is 0 Å². The van der Waals surface area contributed by atoms with Crippen molar-refractivity contribution in [2.24, 2.45) is 0 Å². The Morgan fingerprint density at radius 1 is 1.35 bits per heavy atom. The number of anilines is 1. The first-order chi connectivity index (χ1) is 11.1. The predicted molar refractivity (Wildman–Crippen MR) is 83.0 cm³/mol. The molecule has 0 bridgehead atoms. The summed E-state index contributed by atoms with van der Waals surface area (Å²) in [7, 11) is 0. The van der Waals surface area contributed by atoms with Crippen molar-refractivity contribution in [1.29, 1.82) is 0 Å². The van der Waals surface area contributed by atoms with E-state index < -0.39 is 6.61 Å². The highest BCUT2D eigenvalue weighted by molar-refractivity contribution is 7.10. The molecule has 1 aromatic carbocycles. The molecule has 4 nitrogen and oxygen atoms in total. The summed E-state index contributed by atoms with van der Waals surface area (Å²) in [6.45, 7) is -2.25. The first-order valence-electron chi connectivity index (χ1n) is 7.14. The highest BCUT2D eigenvalue weighted by Crippen LogP contribution is 2.33. The summed E-state index contributed by atoms with van der Waals surface area (Å²) in [5, 5.41) is 4.74. The van der Waals surface area contributed by atoms with Crippen LogP contribution in [-0.4, -0.2) is 19.1 Å². The number of hydrogen-bond acceptors (Lipinski definition) is 4. The minimum atomic E-state index is -2.86. The fourth-order valence-electron chi connectivity index (χ4n) is 2.49. The standard InChI is InChI=1S/C16H15F2NO3S/c17-16(18)22-11-3-1-10(2-4-11)19-15(20)9-13-12-6-8-23-14(12)5-7-21-13/h1-4,6,8,13,16H,5,7,9H2,(H,19,20). The molecule has 3 rings (SSSR count). The number of amides is 1. The van der Waals surface area contributed by atoms with Crippen LogP contribution in [0, 0.1) is 0 Å². The smallest absolute Gasteiger partial charge is 0.387 e. The molecule has 1 aromatic heterocycles. The minimum absolute atomic E-state index is 0.0523. The van der Waals surface area contributed by atoms with Gasteiger partial charge in [-0.25, -0.2) is 0 Å². The van der Waals surface area contributed by atoms with Crippen LogP contribution in [-0.2, 0) is 16.0 Å². The second kappa shape index (κ2) is 7.06. The molecule has 1 unspecified atom stereocenters. The van der Waals surface area contributed by atoms with Crippen LogP contribution in [0.2, 0.25) is 0 Å². The topological polar surface area (TPSA) is 47.6 Å². The molecule has 0 saturated heterocycles. The predicted octanol–water partition coefficient (Wildman–Crippen LogP) is 3.99. The Bertz CT molecular complexity index is 672. The summed E-state index contributed by atoms with van der Waals surface area (Å²) >= 11 is 1.68. The molecule has 0 radical (unpaired) electrons. The molecule has 1 atom stereocenters. The van der Waals surface area contributed by atoms with Gasteiger partial charge in [0, 0.05) is 17.0 Å². The quantitative estimate of drug-likeness (QED) is 0.896. The van der Waals surface area contributed by atoms with Gasteiger partial charge < -0.3 is 14.8 Å². The monoisotopic (exact) mass is 339 g/mol. The van der Waals surface area contributed by atoms with E-state index in [1.54, 1.807) is 11.3 Å². The van der Waals surface area contributed by atoms with Crippen molar-refractivity contribution in [2.45, 2.75) is 25.6 Å². The molecule has 1 aliphatic heterocycles. The third-order valence-corrected chi connectivity index (χ3v) is 4.51. The average molecular weight is 339 g/mol. The number of benzene rings is 1. The SMILES string of the molecule is O=C(CC1OCCc2sccc21)Nc1ccc(OC(F)F)cc1. The molecule has 0 aliphatic carbocycles. The van der Waals surface area contributed by atoms with Gasteiger partial charge in [-0.2, -0.15) is 8.78 Å². The summed E-state index contributed by atoms with van der Waals surface area (Å²) in [6, 6.07) is 7.81. The molecule has 7 heteroatoms. The van der Waals surface area contributed by atoms with Crippen LogP contribution >= 0.6 is 11.3 Å². The van der Waals surface area contributed by atoms with E-state index in [0.717, 1.165) is 12.0 Å². The number of nitrogens with one attached hydrogen (secondary N) is 1. The van der Waals surface area contributed by atoms with E-state index >= 15 is 0 Å². The number of alkyl halides is 2. The van der Waals surface area contributed by atoms with Crippen molar-refractivity contribution < 1.29 is 23.0 Å². The fourth-order valence-corrected chi connectivity index (χ4v) is 3.41. The second-order valence-electron chi connectivity index (χ2n) is 5.06. The maximum absolute atomic E-state index is 12.1. The molecule has 1 aliphatic rings. The largest absolute Gasteiger partial charge is 0.435 e.